The smallest absolute Gasteiger partial charge is 0.265 e. The molecule has 0 aliphatic rings. The topological polar surface area (TPSA) is 47.6 Å². The Kier molecular flexibility index (Phi) is 6.59. The third-order valence-electron chi connectivity index (χ3n) is 3.97. The van der Waals surface area contributed by atoms with Gasteiger partial charge in [-0.25, -0.2) is 0 Å². The van der Waals surface area contributed by atoms with E-state index >= 15 is 0 Å². The number of aryl methyl sites for hydroxylation is 1. The fraction of sp³-hybridized carbons (Fsp3) is 0.381. The molecule has 0 saturated carbocycles. The maximum Gasteiger partial charge on any atom is 0.265 e. The Hall–Kier alpha value is -2.33. The molecule has 0 spiro atoms. The number of nitrogens with one attached hydrogen (secondary N) is 1. The number of carbonyl (C=O) groups excluding carboxylic acids is 1. The van der Waals surface area contributed by atoms with Crippen LogP contribution in [0.3, 0.4) is 0 Å². The van der Waals surface area contributed by atoms with Gasteiger partial charge in [-0.15, -0.1) is 0 Å². The summed E-state index contributed by atoms with van der Waals surface area (Å²) in [6, 6.07) is 13.7. The second-order valence-electron chi connectivity index (χ2n) is 6.58. The lowest BCUT2D eigenvalue weighted by Crippen LogP contribution is -2.30. The maximum absolute atomic E-state index is 12.5. The van der Waals surface area contributed by atoms with E-state index in [1.165, 1.54) is 0 Å². The molecule has 0 radical (unpaired) electrons. The van der Waals surface area contributed by atoms with E-state index in [1.54, 1.807) is 14.0 Å². The van der Waals surface area contributed by atoms with E-state index in [0.717, 1.165) is 28.1 Å². The van der Waals surface area contributed by atoms with Gasteiger partial charge >= 0.3 is 0 Å². The van der Waals surface area contributed by atoms with Gasteiger partial charge in [-0.3, -0.25) is 4.79 Å². The van der Waals surface area contributed by atoms with Crippen LogP contribution in [0.1, 0.15) is 43.4 Å². The molecular formula is C21H27NO3. The zero-order valence-corrected chi connectivity index (χ0v) is 15.6. The number of ether oxygens (including phenoxy) is 2. The van der Waals surface area contributed by atoms with Gasteiger partial charge in [0.2, 0.25) is 0 Å². The molecule has 25 heavy (non-hydrogen) atoms. The standard InChI is InChI=1S/C21H27NO3/c1-14(2)19-10-9-15(3)11-20(19)25-16(4)21(23)22-18-8-6-7-17(12-18)13-24-5/h6-12,14,16H,13H2,1-5H3,(H,22,23). The Labute approximate surface area is 150 Å². The molecule has 0 fully saturated rings. The van der Waals surface area contributed by atoms with Crippen molar-refractivity contribution in [2.24, 2.45) is 0 Å². The second-order valence-corrected chi connectivity index (χ2v) is 6.58. The molecule has 2 aromatic carbocycles. The molecular weight excluding hydrogens is 314 g/mol. The van der Waals surface area contributed by atoms with Crippen LogP contribution in [-0.4, -0.2) is 19.1 Å². The summed E-state index contributed by atoms with van der Waals surface area (Å²) in [6.45, 7) is 8.52. The molecule has 4 heteroatoms. The Morgan fingerprint density at radius 1 is 1.12 bits per heavy atom. The van der Waals surface area contributed by atoms with Crippen molar-refractivity contribution in [2.45, 2.75) is 46.3 Å². The van der Waals surface area contributed by atoms with Crippen molar-refractivity contribution in [3.63, 3.8) is 0 Å². The summed E-state index contributed by atoms with van der Waals surface area (Å²) >= 11 is 0. The van der Waals surface area contributed by atoms with Gasteiger partial charge in [-0.05, 0) is 54.7 Å². The normalized spacial score (nSPS) is 12.1. The van der Waals surface area contributed by atoms with Gasteiger partial charge in [0.1, 0.15) is 5.75 Å². The SMILES string of the molecule is COCc1cccc(NC(=O)C(C)Oc2cc(C)ccc2C(C)C)c1. The molecule has 1 amide bonds. The summed E-state index contributed by atoms with van der Waals surface area (Å²) in [6.07, 6.45) is -0.592. The minimum Gasteiger partial charge on any atom is -0.481 e. The van der Waals surface area contributed by atoms with Gasteiger partial charge in [0.25, 0.3) is 5.91 Å². The van der Waals surface area contributed by atoms with Gasteiger partial charge in [0.15, 0.2) is 6.10 Å². The summed E-state index contributed by atoms with van der Waals surface area (Å²) in [7, 11) is 1.65. The van der Waals surface area contributed by atoms with E-state index in [0.29, 0.717) is 12.5 Å². The van der Waals surface area contributed by atoms with E-state index in [9.17, 15) is 4.79 Å². The summed E-state index contributed by atoms with van der Waals surface area (Å²) in [5.74, 6) is 0.924. The Morgan fingerprint density at radius 2 is 1.88 bits per heavy atom. The summed E-state index contributed by atoms with van der Waals surface area (Å²) in [5.41, 5.74) is 3.96. The van der Waals surface area contributed by atoms with E-state index < -0.39 is 6.10 Å². The molecule has 1 unspecified atom stereocenters. The molecule has 0 heterocycles. The van der Waals surface area contributed by atoms with Crippen molar-refractivity contribution in [2.75, 3.05) is 12.4 Å². The molecule has 0 aliphatic carbocycles. The van der Waals surface area contributed by atoms with Gasteiger partial charge in [-0.2, -0.15) is 0 Å². The molecule has 2 rings (SSSR count). The van der Waals surface area contributed by atoms with Gasteiger partial charge in [0.05, 0.1) is 6.61 Å². The Morgan fingerprint density at radius 3 is 2.56 bits per heavy atom. The van der Waals surface area contributed by atoms with Crippen LogP contribution in [0.15, 0.2) is 42.5 Å². The molecule has 134 valence electrons. The zero-order valence-electron chi connectivity index (χ0n) is 15.6. The highest BCUT2D eigenvalue weighted by molar-refractivity contribution is 5.94. The summed E-state index contributed by atoms with van der Waals surface area (Å²) in [5, 5.41) is 2.90. The first-order chi connectivity index (χ1) is 11.9. The molecule has 0 saturated heterocycles. The quantitative estimate of drug-likeness (QED) is 0.796. The molecule has 1 atom stereocenters. The van der Waals surface area contributed by atoms with E-state index in [2.05, 4.69) is 31.3 Å². The van der Waals surface area contributed by atoms with Crippen molar-refractivity contribution in [1.82, 2.24) is 0 Å². The molecule has 0 bridgehead atoms. The minimum absolute atomic E-state index is 0.175. The number of hydrogen-bond donors (Lipinski definition) is 1. The fourth-order valence-electron chi connectivity index (χ4n) is 2.61. The first-order valence-electron chi connectivity index (χ1n) is 8.56. The van der Waals surface area contributed by atoms with Crippen molar-refractivity contribution in [3.8, 4) is 5.75 Å². The van der Waals surface area contributed by atoms with Gasteiger partial charge in [0, 0.05) is 12.8 Å². The van der Waals surface area contributed by atoms with Gasteiger partial charge < -0.3 is 14.8 Å². The minimum atomic E-state index is -0.592. The Balaban J connectivity index is 2.08. The lowest BCUT2D eigenvalue weighted by Gasteiger charge is -2.19. The molecule has 4 nitrogen and oxygen atoms in total. The highest BCUT2D eigenvalue weighted by Gasteiger charge is 2.18. The van der Waals surface area contributed by atoms with Crippen LogP contribution < -0.4 is 10.1 Å². The first-order valence-corrected chi connectivity index (χ1v) is 8.56. The van der Waals surface area contributed by atoms with Crippen LogP contribution in [-0.2, 0) is 16.1 Å². The van der Waals surface area contributed by atoms with E-state index in [1.807, 2.05) is 37.3 Å². The van der Waals surface area contributed by atoms with Crippen LogP contribution in [0.25, 0.3) is 0 Å². The predicted octanol–water partition coefficient (Wildman–Crippen LogP) is 4.67. The number of anilines is 1. The van der Waals surface area contributed by atoms with Crippen molar-refractivity contribution >= 4 is 11.6 Å². The molecule has 0 aromatic heterocycles. The summed E-state index contributed by atoms with van der Waals surface area (Å²) in [4.78, 5) is 12.5. The number of rotatable bonds is 7. The Bertz CT molecular complexity index is 725. The van der Waals surface area contributed by atoms with Crippen molar-refractivity contribution < 1.29 is 14.3 Å². The second kappa shape index (κ2) is 8.67. The largest absolute Gasteiger partial charge is 0.481 e. The van der Waals surface area contributed by atoms with Gasteiger partial charge in [-0.1, -0.05) is 38.1 Å². The number of hydrogen-bond acceptors (Lipinski definition) is 3. The van der Waals surface area contributed by atoms with Crippen molar-refractivity contribution in [3.05, 3.63) is 59.2 Å². The number of amides is 1. The van der Waals surface area contributed by atoms with Crippen LogP contribution in [0.5, 0.6) is 5.75 Å². The molecule has 0 aliphatic heterocycles. The fourth-order valence-corrected chi connectivity index (χ4v) is 2.61. The van der Waals surface area contributed by atoms with Crippen molar-refractivity contribution in [1.29, 1.82) is 0 Å². The highest BCUT2D eigenvalue weighted by Crippen LogP contribution is 2.28. The lowest BCUT2D eigenvalue weighted by molar-refractivity contribution is -0.122. The third-order valence-corrected chi connectivity index (χ3v) is 3.97. The van der Waals surface area contributed by atoms with E-state index in [-0.39, 0.29) is 5.91 Å². The number of carbonyl (C=O) groups is 1. The molecule has 2 aromatic rings. The highest BCUT2D eigenvalue weighted by atomic mass is 16.5. The zero-order chi connectivity index (χ0) is 18.4. The average molecular weight is 341 g/mol. The van der Waals surface area contributed by atoms with Crippen LogP contribution >= 0.6 is 0 Å². The average Bonchev–Trinajstić information content (AvgIpc) is 2.55. The number of benzene rings is 2. The monoisotopic (exact) mass is 341 g/mol. The van der Waals surface area contributed by atoms with Crippen LogP contribution in [0.4, 0.5) is 5.69 Å². The first kappa shape index (κ1) is 19.0. The van der Waals surface area contributed by atoms with Crippen LogP contribution in [0.2, 0.25) is 0 Å². The number of methoxy groups -OCH3 is 1. The maximum atomic E-state index is 12.5. The van der Waals surface area contributed by atoms with Crippen LogP contribution in [0, 0.1) is 6.92 Å². The molecule has 1 N–H and O–H groups in total. The third kappa shape index (κ3) is 5.33. The summed E-state index contributed by atoms with van der Waals surface area (Å²) < 4.78 is 11.1. The van der Waals surface area contributed by atoms with E-state index in [4.69, 9.17) is 9.47 Å². The predicted molar refractivity (Wildman–Crippen MR) is 101 cm³/mol. The lowest BCUT2D eigenvalue weighted by atomic mass is 10.0.